The lowest BCUT2D eigenvalue weighted by molar-refractivity contribution is 0.457. The minimum Gasteiger partial charge on any atom is -0.328 e. The van der Waals surface area contributed by atoms with Crippen LogP contribution in [0.3, 0.4) is 0 Å². The minimum absolute atomic E-state index is 0.842. The Kier molecular flexibility index (Phi) is 3.96. The first-order valence-corrected chi connectivity index (χ1v) is 8.27. The predicted molar refractivity (Wildman–Crippen MR) is 84.5 cm³/mol. The van der Waals surface area contributed by atoms with E-state index in [4.69, 9.17) is 12.2 Å². The molecule has 2 aromatic heterocycles. The van der Waals surface area contributed by atoms with Gasteiger partial charge in [0.05, 0.1) is 5.69 Å². The molecule has 1 saturated carbocycles. The van der Waals surface area contributed by atoms with Crippen molar-refractivity contribution in [2.45, 2.75) is 65.5 Å². The van der Waals surface area contributed by atoms with Crippen LogP contribution in [0.5, 0.6) is 0 Å². The number of imidazole rings is 1. The van der Waals surface area contributed by atoms with Crippen molar-refractivity contribution in [3.05, 3.63) is 10.5 Å². The Labute approximate surface area is 125 Å². The molecule has 0 amide bonds. The second-order valence-corrected chi connectivity index (χ2v) is 6.36. The van der Waals surface area contributed by atoms with Crippen LogP contribution in [0.1, 0.15) is 51.1 Å². The monoisotopic (exact) mass is 292 g/mol. The smallest absolute Gasteiger partial charge is 0.179 e. The largest absolute Gasteiger partial charge is 0.328 e. The van der Waals surface area contributed by atoms with Gasteiger partial charge in [-0.25, -0.2) is 4.68 Å². The summed E-state index contributed by atoms with van der Waals surface area (Å²) >= 11 is 5.49. The molecule has 5 heteroatoms. The number of aromatic amines is 1. The average Bonchev–Trinajstić information content (AvgIpc) is 3.11. The predicted octanol–water partition coefficient (Wildman–Crippen LogP) is 4.19. The zero-order chi connectivity index (χ0) is 14.1. The van der Waals surface area contributed by atoms with E-state index in [2.05, 4.69) is 26.3 Å². The number of nitrogens with zero attached hydrogens (tertiary/aromatic N) is 3. The first-order valence-electron chi connectivity index (χ1n) is 7.86. The van der Waals surface area contributed by atoms with Crippen LogP contribution in [0.15, 0.2) is 0 Å². The number of hydrogen-bond acceptors (Lipinski definition) is 2. The van der Waals surface area contributed by atoms with Gasteiger partial charge < -0.3 is 9.55 Å². The van der Waals surface area contributed by atoms with Gasteiger partial charge in [0.25, 0.3) is 0 Å². The van der Waals surface area contributed by atoms with E-state index < -0.39 is 0 Å². The molecule has 1 aliphatic rings. The van der Waals surface area contributed by atoms with Crippen molar-refractivity contribution in [2.75, 3.05) is 0 Å². The first-order chi connectivity index (χ1) is 9.70. The summed E-state index contributed by atoms with van der Waals surface area (Å²) in [6.45, 7) is 6.08. The molecule has 3 rings (SSSR count). The molecule has 0 atom stereocenters. The van der Waals surface area contributed by atoms with Crippen molar-refractivity contribution < 1.29 is 0 Å². The Morgan fingerprint density at radius 2 is 2.10 bits per heavy atom. The standard InChI is InChI=1S/C15H24N4S/c1-3-19-14-13(11(2)17-19)16-15(20)18(14)10-6-9-12-7-4-5-8-12/h12H,3-10H2,1-2H3,(H,16,20). The van der Waals surface area contributed by atoms with Crippen molar-refractivity contribution in [2.24, 2.45) is 5.92 Å². The van der Waals surface area contributed by atoms with Crippen LogP contribution in [0.2, 0.25) is 0 Å². The molecule has 0 radical (unpaired) electrons. The SMILES string of the molecule is CCn1nc(C)c2[nH]c(=S)n(CCCC3CCCC3)c21. The fraction of sp³-hybridized carbons (Fsp3) is 0.733. The van der Waals surface area contributed by atoms with E-state index in [9.17, 15) is 0 Å². The Balaban J connectivity index is 1.79. The quantitative estimate of drug-likeness (QED) is 0.839. The van der Waals surface area contributed by atoms with Crippen LogP contribution in [-0.4, -0.2) is 19.3 Å². The molecular formula is C15H24N4S. The number of fused-ring (bicyclic) bond motifs is 1. The lowest BCUT2D eigenvalue weighted by Crippen LogP contribution is -2.06. The topological polar surface area (TPSA) is 38.5 Å². The molecule has 1 N–H and O–H groups in total. The summed E-state index contributed by atoms with van der Waals surface area (Å²) in [7, 11) is 0. The number of aromatic nitrogens is 4. The summed E-state index contributed by atoms with van der Waals surface area (Å²) in [5.41, 5.74) is 3.32. The highest BCUT2D eigenvalue weighted by Crippen LogP contribution is 2.29. The summed E-state index contributed by atoms with van der Waals surface area (Å²) in [6, 6.07) is 0. The molecule has 0 spiro atoms. The molecule has 0 aromatic carbocycles. The summed E-state index contributed by atoms with van der Waals surface area (Å²) in [4.78, 5) is 3.32. The van der Waals surface area contributed by atoms with Crippen molar-refractivity contribution >= 4 is 23.4 Å². The molecule has 2 aromatic rings. The second kappa shape index (κ2) is 5.72. The molecule has 0 bridgehead atoms. The van der Waals surface area contributed by atoms with Crippen molar-refractivity contribution in [1.82, 2.24) is 19.3 Å². The average molecular weight is 292 g/mol. The third kappa shape index (κ3) is 2.43. The molecule has 0 aliphatic heterocycles. The Bertz CT molecular complexity index is 643. The normalized spacial score (nSPS) is 16.5. The van der Waals surface area contributed by atoms with Gasteiger partial charge >= 0.3 is 0 Å². The van der Waals surface area contributed by atoms with Gasteiger partial charge in [0.1, 0.15) is 5.52 Å². The van der Waals surface area contributed by atoms with Crippen molar-refractivity contribution in [3.8, 4) is 0 Å². The molecule has 20 heavy (non-hydrogen) atoms. The molecule has 4 nitrogen and oxygen atoms in total. The van der Waals surface area contributed by atoms with Crippen LogP contribution in [0.25, 0.3) is 11.2 Å². The summed E-state index contributed by atoms with van der Waals surface area (Å²) in [5.74, 6) is 0.955. The Hall–Kier alpha value is -1.10. The summed E-state index contributed by atoms with van der Waals surface area (Å²) < 4.78 is 5.14. The van der Waals surface area contributed by atoms with E-state index in [1.165, 1.54) is 44.2 Å². The third-order valence-corrected chi connectivity index (χ3v) is 4.92. The van der Waals surface area contributed by atoms with Gasteiger partial charge in [-0.3, -0.25) is 0 Å². The number of aryl methyl sites for hydroxylation is 3. The minimum atomic E-state index is 0.842. The maximum Gasteiger partial charge on any atom is 0.179 e. The van der Waals surface area contributed by atoms with Gasteiger partial charge in [-0.05, 0) is 44.8 Å². The molecule has 0 unspecified atom stereocenters. The highest BCUT2D eigenvalue weighted by atomic mass is 32.1. The summed E-state index contributed by atoms with van der Waals surface area (Å²) in [5, 5.41) is 4.57. The maximum atomic E-state index is 5.49. The van der Waals surface area contributed by atoms with Gasteiger partial charge in [-0.2, -0.15) is 5.10 Å². The lowest BCUT2D eigenvalue weighted by Gasteiger charge is -2.10. The molecular weight excluding hydrogens is 268 g/mol. The van der Waals surface area contributed by atoms with Crippen LogP contribution < -0.4 is 0 Å². The highest BCUT2D eigenvalue weighted by molar-refractivity contribution is 7.71. The molecule has 0 saturated heterocycles. The second-order valence-electron chi connectivity index (χ2n) is 5.97. The molecule has 1 fully saturated rings. The number of nitrogens with one attached hydrogen (secondary N) is 1. The zero-order valence-electron chi connectivity index (χ0n) is 12.5. The van der Waals surface area contributed by atoms with Crippen molar-refractivity contribution in [3.63, 3.8) is 0 Å². The Morgan fingerprint density at radius 1 is 1.35 bits per heavy atom. The summed E-state index contributed by atoms with van der Waals surface area (Å²) in [6.07, 6.45) is 8.29. The van der Waals surface area contributed by atoms with E-state index >= 15 is 0 Å². The number of rotatable bonds is 5. The number of H-pyrrole nitrogens is 1. The van der Waals surface area contributed by atoms with Gasteiger partial charge in [0, 0.05) is 13.1 Å². The van der Waals surface area contributed by atoms with Crippen LogP contribution >= 0.6 is 12.2 Å². The van der Waals surface area contributed by atoms with Gasteiger partial charge in [0.2, 0.25) is 0 Å². The van der Waals surface area contributed by atoms with E-state index in [-0.39, 0.29) is 0 Å². The van der Waals surface area contributed by atoms with E-state index in [0.717, 1.165) is 35.0 Å². The molecule has 110 valence electrons. The fourth-order valence-electron chi connectivity index (χ4n) is 3.53. The zero-order valence-corrected chi connectivity index (χ0v) is 13.3. The fourth-order valence-corrected chi connectivity index (χ4v) is 3.81. The van der Waals surface area contributed by atoms with E-state index in [1.807, 2.05) is 6.92 Å². The van der Waals surface area contributed by atoms with E-state index in [1.54, 1.807) is 0 Å². The van der Waals surface area contributed by atoms with Crippen LogP contribution in [0.4, 0.5) is 0 Å². The Morgan fingerprint density at radius 3 is 2.80 bits per heavy atom. The van der Waals surface area contributed by atoms with Crippen LogP contribution in [-0.2, 0) is 13.1 Å². The van der Waals surface area contributed by atoms with Crippen molar-refractivity contribution in [1.29, 1.82) is 0 Å². The maximum absolute atomic E-state index is 5.49. The first kappa shape index (κ1) is 13.9. The van der Waals surface area contributed by atoms with E-state index in [0.29, 0.717) is 0 Å². The molecule has 1 aliphatic carbocycles. The van der Waals surface area contributed by atoms with Gasteiger partial charge in [-0.1, -0.05) is 25.7 Å². The van der Waals surface area contributed by atoms with Gasteiger partial charge in [-0.15, -0.1) is 0 Å². The number of hydrogen-bond donors (Lipinski definition) is 1. The lowest BCUT2D eigenvalue weighted by atomic mass is 10.0. The highest BCUT2D eigenvalue weighted by Gasteiger charge is 2.16. The molecule has 2 heterocycles. The third-order valence-electron chi connectivity index (χ3n) is 4.60. The van der Waals surface area contributed by atoms with Crippen LogP contribution in [0, 0.1) is 17.6 Å². The van der Waals surface area contributed by atoms with Gasteiger partial charge in [0.15, 0.2) is 10.4 Å².